The molecule has 1 aliphatic carbocycles. The highest BCUT2D eigenvalue weighted by atomic mass is 32.1. The number of amides is 2. The van der Waals surface area contributed by atoms with Gasteiger partial charge in [0.05, 0.1) is 5.51 Å². The first-order valence-electron chi connectivity index (χ1n) is 9.22. The summed E-state index contributed by atoms with van der Waals surface area (Å²) in [5, 5.41) is 4.72. The van der Waals surface area contributed by atoms with Crippen molar-refractivity contribution >= 4 is 23.2 Å². The Balaban J connectivity index is 1.21. The third-order valence-corrected chi connectivity index (χ3v) is 6.06. The van der Waals surface area contributed by atoms with Gasteiger partial charge in [-0.25, -0.2) is 4.98 Å². The number of aromatic nitrogens is 1. The van der Waals surface area contributed by atoms with E-state index in [4.69, 9.17) is 0 Å². The Kier molecular flexibility index (Phi) is 5.02. The van der Waals surface area contributed by atoms with Crippen molar-refractivity contribution in [2.24, 2.45) is 11.8 Å². The molecule has 2 atom stereocenters. The van der Waals surface area contributed by atoms with Crippen LogP contribution < -0.4 is 5.32 Å². The SMILES string of the molecule is O=C(NCC1CCN(C(=O)[C@@H]2C[C@H]2c2ccccc2)CC1)c1cscn1. The number of likely N-dealkylation sites (tertiary alicyclic amines) is 1. The Morgan fingerprint density at radius 1 is 1.19 bits per heavy atom. The summed E-state index contributed by atoms with van der Waals surface area (Å²) in [6.45, 7) is 2.26. The van der Waals surface area contributed by atoms with E-state index in [1.54, 1.807) is 10.9 Å². The number of hydrogen-bond acceptors (Lipinski definition) is 4. The van der Waals surface area contributed by atoms with Gasteiger partial charge in [0.2, 0.25) is 5.91 Å². The number of nitrogens with one attached hydrogen (secondary N) is 1. The Hall–Kier alpha value is -2.21. The van der Waals surface area contributed by atoms with Gasteiger partial charge in [0.1, 0.15) is 5.69 Å². The minimum atomic E-state index is -0.103. The maximum absolute atomic E-state index is 12.7. The fraction of sp³-hybridized carbons (Fsp3) is 0.450. The van der Waals surface area contributed by atoms with Gasteiger partial charge in [-0.2, -0.15) is 0 Å². The number of thiazole rings is 1. The summed E-state index contributed by atoms with van der Waals surface area (Å²) in [4.78, 5) is 30.7. The Morgan fingerprint density at radius 3 is 2.65 bits per heavy atom. The molecule has 0 spiro atoms. The monoisotopic (exact) mass is 369 g/mol. The van der Waals surface area contributed by atoms with Crippen LogP contribution in [0.15, 0.2) is 41.2 Å². The van der Waals surface area contributed by atoms with Crippen LogP contribution in [0.3, 0.4) is 0 Å². The van der Waals surface area contributed by atoms with Gasteiger partial charge in [0.25, 0.3) is 5.91 Å². The Bertz CT molecular complexity index is 755. The van der Waals surface area contributed by atoms with Crippen LogP contribution in [0.1, 0.15) is 41.2 Å². The predicted molar refractivity (Wildman–Crippen MR) is 101 cm³/mol. The maximum Gasteiger partial charge on any atom is 0.270 e. The van der Waals surface area contributed by atoms with E-state index < -0.39 is 0 Å². The lowest BCUT2D eigenvalue weighted by Gasteiger charge is -2.32. The zero-order valence-corrected chi connectivity index (χ0v) is 15.5. The molecule has 5 nitrogen and oxygen atoms in total. The molecule has 1 saturated heterocycles. The molecule has 2 heterocycles. The van der Waals surface area contributed by atoms with E-state index in [9.17, 15) is 9.59 Å². The lowest BCUT2D eigenvalue weighted by Crippen LogP contribution is -2.42. The molecule has 0 bridgehead atoms. The molecule has 1 saturated carbocycles. The van der Waals surface area contributed by atoms with Crippen LogP contribution in [-0.2, 0) is 4.79 Å². The highest BCUT2D eigenvalue weighted by molar-refractivity contribution is 7.07. The van der Waals surface area contributed by atoms with Crippen LogP contribution in [0.2, 0.25) is 0 Å². The van der Waals surface area contributed by atoms with Gasteiger partial charge < -0.3 is 10.2 Å². The zero-order valence-electron chi connectivity index (χ0n) is 14.6. The summed E-state index contributed by atoms with van der Waals surface area (Å²) in [5.41, 5.74) is 3.44. The van der Waals surface area contributed by atoms with Crippen LogP contribution in [0.25, 0.3) is 0 Å². The fourth-order valence-corrected chi connectivity index (χ4v) is 4.31. The summed E-state index contributed by atoms with van der Waals surface area (Å²) in [5.74, 6) is 1.21. The first-order valence-corrected chi connectivity index (χ1v) is 10.2. The van der Waals surface area contributed by atoms with Crippen LogP contribution in [0.4, 0.5) is 0 Å². The van der Waals surface area contributed by atoms with Gasteiger partial charge in [-0.05, 0) is 36.7 Å². The average Bonchev–Trinajstić information content (AvgIpc) is 3.30. The molecule has 1 N–H and O–H groups in total. The Labute approximate surface area is 157 Å². The highest BCUT2D eigenvalue weighted by Crippen LogP contribution is 2.48. The molecule has 1 aliphatic heterocycles. The molecule has 26 heavy (non-hydrogen) atoms. The third-order valence-electron chi connectivity index (χ3n) is 5.48. The molecule has 1 aromatic heterocycles. The number of benzene rings is 1. The van der Waals surface area contributed by atoms with Crippen molar-refractivity contribution in [2.45, 2.75) is 25.2 Å². The van der Waals surface area contributed by atoms with E-state index in [2.05, 4.69) is 22.4 Å². The van der Waals surface area contributed by atoms with E-state index in [1.807, 2.05) is 23.1 Å². The molecule has 0 radical (unpaired) electrons. The molecular weight excluding hydrogens is 346 g/mol. The smallest absolute Gasteiger partial charge is 0.270 e. The molecule has 6 heteroatoms. The van der Waals surface area contributed by atoms with Crippen molar-refractivity contribution in [1.82, 2.24) is 15.2 Å². The molecule has 136 valence electrons. The van der Waals surface area contributed by atoms with Crippen LogP contribution >= 0.6 is 11.3 Å². The average molecular weight is 369 g/mol. The van der Waals surface area contributed by atoms with E-state index in [0.717, 1.165) is 32.4 Å². The molecule has 2 fully saturated rings. The first kappa shape index (κ1) is 17.2. The van der Waals surface area contributed by atoms with E-state index in [1.165, 1.54) is 16.9 Å². The van der Waals surface area contributed by atoms with E-state index in [-0.39, 0.29) is 11.8 Å². The quantitative estimate of drug-likeness (QED) is 0.881. The summed E-state index contributed by atoms with van der Waals surface area (Å²) >= 11 is 1.42. The number of nitrogens with zero attached hydrogens (tertiary/aromatic N) is 2. The first-order chi connectivity index (χ1) is 12.7. The lowest BCUT2D eigenvalue weighted by molar-refractivity contribution is -0.134. The number of rotatable bonds is 5. The second-order valence-electron chi connectivity index (χ2n) is 7.21. The van der Waals surface area contributed by atoms with Gasteiger partial charge in [-0.15, -0.1) is 11.3 Å². The molecule has 4 rings (SSSR count). The van der Waals surface area contributed by atoms with Gasteiger partial charge in [0, 0.05) is 30.9 Å². The number of carbonyl (C=O) groups excluding carboxylic acids is 2. The number of piperidine rings is 1. The molecular formula is C20H23N3O2S. The van der Waals surface area contributed by atoms with Gasteiger partial charge in [-0.3, -0.25) is 9.59 Å². The van der Waals surface area contributed by atoms with E-state index in [0.29, 0.717) is 30.0 Å². The Morgan fingerprint density at radius 2 is 1.96 bits per heavy atom. The number of hydrogen-bond donors (Lipinski definition) is 1. The topological polar surface area (TPSA) is 62.3 Å². The van der Waals surface area contributed by atoms with Crippen molar-refractivity contribution in [3.63, 3.8) is 0 Å². The molecule has 2 aromatic rings. The van der Waals surface area contributed by atoms with Crippen LogP contribution in [0, 0.1) is 11.8 Å². The molecule has 2 amide bonds. The fourth-order valence-electron chi connectivity index (χ4n) is 3.78. The standard InChI is InChI=1S/C20H23N3O2S/c24-19(18-12-26-13-22-18)21-11-14-6-8-23(9-7-14)20(25)17-10-16(17)15-4-2-1-3-5-15/h1-5,12-14,16-17H,6-11H2,(H,21,24)/t16-,17+/m0/s1. The van der Waals surface area contributed by atoms with Crippen molar-refractivity contribution in [1.29, 1.82) is 0 Å². The largest absolute Gasteiger partial charge is 0.350 e. The normalized spacial score (nSPS) is 22.8. The van der Waals surface area contributed by atoms with Crippen molar-refractivity contribution in [3.05, 3.63) is 52.5 Å². The van der Waals surface area contributed by atoms with Gasteiger partial charge in [0.15, 0.2) is 0 Å². The minimum Gasteiger partial charge on any atom is -0.350 e. The zero-order chi connectivity index (χ0) is 17.9. The summed E-state index contributed by atoms with van der Waals surface area (Å²) in [6, 6.07) is 10.3. The summed E-state index contributed by atoms with van der Waals surface area (Å²) in [6.07, 6.45) is 2.88. The third kappa shape index (κ3) is 3.80. The van der Waals surface area contributed by atoms with E-state index >= 15 is 0 Å². The van der Waals surface area contributed by atoms with Crippen LogP contribution in [-0.4, -0.2) is 41.3 Å². The van der Waals surface area contributed by atoms with Gasteiger partial charge in [-0.1, -0.05) is 30.3 Å². The maximum atomic E-state index is 12.7. The summed E-state index contributed by atoms with van der Waals surface area (Å²) < 4.78 is 0. The second kappa shape index (κ2) is 7.58. The number of carbonyl (C=O) groups is 2. The highest BCUT2D eigenvalue weighted by Gasteiger charge is 2.46. The van der Waals surface area contributed by atoms with Gasteiger partial charge >= 0.3 is 0 Å². The molecule has 2 aliphatic rings. The van der Waals surface area contributed by atoms with Crippen molar-refractivity contribution in [3.8, 4) is 0 Å². The molecule has 1 aromatic carbocycles. The minimum absolute atomic E-state index is 0.103. The van der Waals surface area contributed by atoms with Crippen molar-refractivity contribution in [2.75, 3.05) is 19.6 Å². The second-order valence-corrected chi connectivity index (χ2v) is 7.93. The lowest BCUT2D eigenvalue weighted by atomic mass is 9.96. The van der Waals surface area contributed by atoms with Crippen LogP contribution in [0.5, 0.6) is 0 Å². The summed E-state index contributed by atoms with van der Waals surface area (Å²) in [7, 11) is 0. The predicted octanol–water partition coefficient (Wildman–Crippen LogP) is 2.92. The molecule has 0 unspecified atom stereocenters. The van der Waals surface area contributed by atoms with Crippen molar-refractivity contribution < 1.29 is 9.59 Å².